The number of rotatable bonds is 2. The third kappa shape index (κ3) is 2.21. The standard InChI is InChI=1S/C17H15N/c1-2-7-14(8-3-1)13-15-9-6-12-18-17-11-5-4-10-16(15)17/h1-12,18H,13H2. The number of benzene rings is 2. The van der Waals surface area contributed by atoms with Crippen molar-refractivity contribution in [1.82, 2.24) is 0 Å². The summed E-state index contributed by atoms with van der Waals surface area (Å²) in [6, 6.07) is 19.0. The van der Waals surface area contributed by atoms with Gasteiger partial charge in [0.1, 0.15) is 0 Å². The fraction of sp³-hybridized carbons (Fsp3) is 0.0588. The summed E-state index contributed by atoms with van der Waals surface area (Å²) >= 11 is 0. The third-order valence-corrected chi connectivity index (χ3v) is 3.14. The predicted octanol–water partition coefficient (Wildman–Crippen LogP) is 4.25. The molecule has 1 nitrogen and oxygen atoms in total. The lowest BCUT2D eigenvalue weighted by molar-refractivity contribution is 1.28. The Morgan fingerprint density at radius 2 is 1.61 bits per heavy atom. The van der Waals surface area contributed by atoms with Gasteiger partial charge in [0.25, 0.3) is 0 Å². The molecule has 88 valence electrons. The maximum Gasteiger partial charge on any atom is 0.0456 e. The van der Waals surface area contributed by atoms with Crippen LogP contribution in [0.2, 0.25) is 0 Å². The Labute approximate surface area is 107 Å². The van der Waals surface area contributed by atoms with E-state index in [1.54, 1.807) is 0 Å². The Balaban J connectivity index is 1.97. The van der Waals surface area contributed by atoms with Gasteiger partial charge in [-0.1, -0.05) is 54.6 Å². The number of para-hydroxylation sites is 1. The highest BCUT2D eigenvalue weighted by Crippen LogP contribution is 2.28. The molecule has 0 fully saturated rings. The van der Waals surface area contributed by atoms with Gasteiger partial charge in [-0.15, -0.1) is 0 Å². The minimum atomic E-state index is 0.962. The molecule has 1 N–H and O–H groups in total. The maximum atomic E-state index is 3.31. The van der Waals surface area contributed by atoms with Crippen LogP contribution in [0.15, 0.2) is 72.9 Å². The molecule has 0 aromatic heterocycles. The Kier molecular flexibility index (Phi) is 2.97. The van der Waals surface area contributed by atoms with E-state index in [0.717, 1.165) is 6.42 Å². The number of hydrogen-bond acceptors (Lipinski definition) is 1. The largest absolute Gasteiger partial charge is 0.361 e. The predicted molar refractivity (Wildman–Crippen MR) is 77.3 cm³/mol. The Bertz CT molecular complexity index is 594. The Morgan fingerprint density at radius 3 is 2.50 bits per heavy atom. The van der Waals surface area contributed by atoms with E-state index in [-0.39, 0.29) is 0 Å². The quantitative estimate of drug-likeness (QED) is 0.817. The molecular formula is C17H15N. The zero-order chi connectivity index (χ0) is 12.2. The number of allylic oxidation sites excluding steroid dienone is 3. The SMILES string of the molecule is C1=CNc2ccccc2C(Cc2ccccc2)=C1. The van der Waals surface area contributed by atoms with Gasteiger partial charge >= 0.3 is 0 Å². The second-order valence-electron chi connectivity index (χ2n) is 4.40. The number of nitrogens with one attached hydrogen (secondary N) is 1. The molecule has 0 radical (unpaired) electrons. The van der Waals surface area contributed by atoms with Crippen molar-refractivity contribution in [3.05, 3.63) is 84.1 Å². The fourth-order valence-corrected chi connectivity index (χ4v) is 2.25. The van der Waals surface area contributed by atoms with Crippen molar-refractivity contribution in [1.29, 1.82) is 0 Å². The summed E-state index contributed by atoms with van der Waals surface area (Å²) in [7, 11) is 0. The molecule has 1 heterocycles. The molecule has 0 aliphatic carbocycles. The molecular weight excluding hydrogens is 218 g/mol. The summed E-state index contributed by atoms with van der Waals surface area (Å²) in [5.41, 5.74) is 5.15. The average Bonchev–Trinajstić information content (AvgIpc) is 2.63. The van der Waals surface area contributed by atoms with Crippen LogP contribution in [-0.4, -0.2) is 0 Å². The lowest BCUT2D eigenvalue weighted by Gasteiger charge is -2.11. The van der Waals surface area contributed by atoms with Crippen LogP contribution in [0.4, 0.5) is 5.69 Å². The average molecular weight is 233 g/mol. The van der Waals surface area contributed by atoms with E-state index in [0.29, 0.717) is 0 Å². The van der Waals surface area contributed by atoms with Crippen molar-refractivity contribution in [2.24, 2.45) is 0 Å². The first-order valence-electron chi connectivity index (χ1n) is 6.19. The summed E-state index contributed by atoms with van der Waals surface area (Å²) < 4.78 is 0. The second-order valence-corrected chi connectivity index (χ2v) is 4.40. The van der Waals surface area contributed by atoms with Gasteiger partial charge in [-0.25, -0.2) is 0 Å². The molecule has 0 unspecified atom stereocenters. The minimum Gasteiger partial charge on any atom is -0.361 e. The molecule has 0 saturated heterocycles. The van der Waals surface area contributed by atoms with E-state index in [9.17, 15) is 0 Å². The molecule has 0 bridgehead atoms. The highest BCUT2D eigenvalue weighted by molar-refractivity contribution is 5.80. The fourth-order valence-electron chi connectivity index (χ4n) is 2.25. The molecule has 0 spiro atoms. The first-order valence-corrected chi connectivity index (χ1v) is 6.19. The summed E-state index contributed by atoms with van der Waals surface area (Å²) in [6.07, 6.45) is 7.20. The molecule has 2 aromatic carbocycles. The van der Waals surface area contributed by atoms with Gasteiger partial charge in [0.2, 0.25) is 0 Å². The van der Waals surface area contributed by atoms with Gasteiger partial charge in [0.05, 0.1) is 0 Å². The van der Waals surface area contributed by atoms with E-state index in [1.165, 1.54) is 22.4 Å². The summed E-state index contributed by atoms with van der Waals surface area (Å²) in [5, 5.41) is 3.31. The maximum absolute atomic E-state index is 3.31. The molecule has 1 aliphatic rings. The van der Waals surface area contributed by atoms with E-state index in [1.807, 2.05) is 6.20 Å². The van der Waals surface area contributed by atoms with Crippen LogP contribution in [0.3, 0.4) is 0 Å². The molecule has 0 amide bonds. The van der Waals surface area contributed by atoms with E-state index < -0.39 is 0 Å². The van der Waals surface area contributed by atoms with Crippen molar-refractivity contribution in [3.63, 3.8) is 0 Å². The Morgan fingerprint density at radius 1 is 0.833 bits per heavy atom. The van der Waals surface area contributed by atoms with Crippen molar-refractivity contribution in [2.45, 2.75) is 6.42 Å². The summed E-state index contributed by atoms with van der Waals surface area (Å²) in [6.45, 7) is 0. The van der Waals surface area contributed by atoms with Crippen LogP contribution in [0.1, 0.15) is 11.1 Å². The van der Waals surface area contributed by atoms with Crippen LogP contribution in [0.5, 0.6) is 0 Å². The van der Waals surface area contributed by atoms with Crippen molar-refractivity contribution in [3.8, 4) is 0 Å². The topological polar surface area (TPSA) is 12.0 Å². The van der Waals surface area contributed by atoms with Gasteiger partial charge in [-0.05, 0) is 29.7 Å². The van der Waals surface area contributed by atoms with Crippen LogP contribution in [0, 0.1) is 0 Å². The number of anilines is 1. The second kappa shape index (κ2) is 4.92. The lowest BCUT2D eigenvalue weighted by atomic mass is 9.97. The van der Waals surface area contributed by atoms with Crippen molar-refractivity contribution < 1.29 is 0 Å². The van der Waals surface area contributed by atoms with Gasteiger partial charge in [0.15, 0.2) is 0 Å². The van der Waals surface area contributed by atoms with E-state index in [4.69, 9.17) is 0 Å². The molecule has 2 aromatic rings. The smallest absolute Gasteiger partial charge is 0.0456 e. The molecule has 0 atom stereocenters. The number of hydrogen-bond donors (Lipinski definition) is 1. The van der Waals surface area contributed by atoms with Crippen molar-refractivity contribution in [2.75, 3.05) is 5.32 Å². The third-order valence-electron chi connectivity index (χ3n) is 3.14. The van der Waals surface area contributed by atoms with Gasteiger partial charge in [-0.2, -0.15) is 0 Å². The molecule has 1 heteroatoms. The number of fused-ring (bicyclic) bond motifs is 1. The molecule has 1 aliphatic heterocycles. The lowest BCUT2D eigenvalue weighted by Crippen LogP contribution is -1.94. The monoisotopic (exact) mass is 233 g/mol. The summed E-state index contributed by atoms with van der Waals surface area (Å²) in [4.78, 5) is 0. The van der Waals surface area contributed by atoms with Gasteiger partial charge < -0.3 is 5.32 Å². The zero-order valence-electron chi connectivity index (χ0n) is 10.1. The zero-order valence-corrected chi connectivity index (χ0v) is 10.1. The molecule has 0 saturated carbocycles. The highest BCUT2D eigenvalue weighted by atomic mass is 14.8. The van der Waals surface area contributed by atoms with Crippen LogP contribution < -0.4 is 5.32 Å². The van der Waals surface area contributed by atoms with Gasteiger partial charge in [-0.3, -0.25) is 0 Å². The normalized spacial score (nSPS) is 13.2. The van der Waals surface area contributed by atoms with Crippen molar-refractivity contribution >= 4 is 11.3 Å². The first-order chi connectivity index (χ1) is 8.93. The highest BCUT2D eigenvalue weighted by Gasteiger charge is 2.08. The first kappa shape index (κ1) is 10.8. The van der Waals surface area contributed by atoms with E-state index >= 15 is 0 Å². The molecule has 3 rings (SSSR count). The van der Waals surface area contributed by atoms with E-state index in [2.05, 4.69) is 72.1 Å². The van der Waals surface area contributed by atoms with Crippen LogP contribution >= 0.6 is 0 Å². The van der Waals surface area contributed by atoms with Crippen LogP contribution in [-0.2, 0) is 6.42 Å². The minimum absolute atomic E-state index is 0.962. The Hall–Kier alpha value is -2.28. The molecule has 18 heavy (non-hydrogen) atoms. The van der Waals surface area contributed by atoms with Crippen LogP contribution in [0.25, 0.3) is 5.57 Å². The van der Waals surface area contributed by atoms with Gasteiger partial charge in [0, 0.05) is 17.5 Å². The summed E-state index contributed by atoms with van der Waals surface area (Å²) in [5.74, 6) is 0.